The molecule has 6 bridgehead atoms. The minimum Gasteiger partial charge on any atom is -0.459 e. The molecule has 220 valence electrons. The van der Waals surface area contributed by atoms with E-state index >= 15 is 0 Å². The maximum atomic E-state index is 14.3. The van der Waals surface area contributed by atoms with Crippen LogP contribution >= 0.6 is 0 Å². The van der Waals surface area contributed by atoms with Crippen molar-refractivity contribution in [2.24, 2.45) is 59.2 Å². The highest BCUT2D eigenvalue weighted by Gasteiger charge is 2.73. The van der Waals surface area contributed by atoms with Crippen molar-refractivity contribution in [1.29, 1.82) is 0 Å². The van der Waals surface area contributed by atoms with Crippen LogP contribution in [0.5, 0.6) is 0 Å². The van der Waals surface area contributed by atoms with Gasteiger partial charge in [-0.3, -0.25) is 19.3 Å². The number of fused-ring (bicyclic) bond motifs is 10. The second-order valence-corrected chi connectivity index (χ2v) is 15.4. The number of hydrogen-bond acceptors (Lipinski definition) is 6. The zero-order valence-corrected chi connectivity index (χ0v) is 24.6. The van der Waals surface area contributed by atoms with Gasteiger partial charge in [0.1, 0.15) is 11.7 Å². The minimum atomic E-state index is -0.483. The Labute approximate surface area is 239 Å². The highest BCUT2D eigenvalue weighted by Crippen LogP contribution is 2.71. The van der Waals surface area contributed by atoms with E-state index in [2.05, 4.69) is 11.8 Å². The van der Waals surface area contributed by atoms with E-state index in [0.29, 0.717) is 18.4 Å². The summed E-state index contributed by atoms with van der Waals surface area (Å²) in [4.78, 5) is 45.5. The molecule has 2 aliphatic heterocycles. The number of nitrogens with zero attached hydrogens (tertiary/aromatic N) is 2. The molecule has 0 radical (unpaired) electrons. The second kappa shape index (κ2) is 9.18. The Morgan fingerprint density at radius 2 is 1.73 bits per heavy atom. The fraction of sp³-hybridized carbons (Fsp3) is 0.909. The summed E-state index contributed by atoms with van der Waals surface area (Å²) in [5.41, 5.74) is -0.367. The lowest BCUT2D eigenvalue weighted by Crippen LogP contribution is -2.51. The number of likely N-dealkylation sites (tertiary alicyclic amines) is 2. The first-order valence-corrected chi connectivity index (χ1v) is 16.8. The van der Waals surface area contributed by atoms with Gasteiger partial charge in [-0.25, -0.2) is 0 Å². The number of amides is 1. The number of esters is 2. The van der Waals surface area contributed by atoms with Gasteiger partial charge >= 0.3 is 11.9 Å². The number of ether oxygens (including phenoxy) is 2. The van der Waals surface area contributed by atoms with Gasteiger partial charge in [0.2, 0.25) is 5.91 Å². The Hall–Kier alpha value is -1.63. The molecule has 6 aliphatic carbocycles. The van der Waals surface area contributed by atoms with Crippen LogP contribution in [-0.4, -0.2) is 71.1 Å². The van der Waals surface area contributed by atoms with E-state index in [1.54, 1.807) is 0 Å². The summed E-state index contributed by atoms with van der Waals surface area (Å²) in [6.45, 7) is 8.48. The van der Waals surface area contributed by atoms with Crippen molar-refractivity contribution in [3.05, 3.63) is 0 Å². The standard InChI is InChI=1S/C33H48N2O5/c1-4-33(15-20-13-23(33)26-19-9-8-18(12-19)25(20)26)40-32(38)28-22-14-21-27(28)31(37)35(17(2)3)29(21)30(22)39-24(36)16-34-10-6-5-7-11-34/h17-23,25-30H,4-16H2,1-3H3. The second-order valence-electron chi connectivity index (χ2n) is 15.4. The van der Waals surface area contributed by atoms with Crippen LogP contribution in [0, 0.1) is 59.2 Å². The van der Waals surface area contributed by atoms with Crippen molar-refractivity contribution in [2.75, 3.05) is 19.6 Å². The van der Waals surface area contributed by atoms with Crippen LogP contribution in [0.15, 0.2) is 0 Å². The van der Waals surface area contributed by atoms with E-state index in [0.717, 1.165) is 68.9 Å². The Balaban J connectivity index is 1.04. The highest BCUT2D eigenvalue weighted by molar-refractivity contribution is 5.90. The van der Waals surface area contributed by atoms with Crippen LogP contribution < -0.4 is 0 Å². The van der Waals surface area contributed by atoms with Crippen molar-refractivity contribution in [3.8, 4) is 0 Å². The van der Waals surface area contributed by atoms with Gasteiger partial charge in [0.15, 0.2) is 0 Å². The van der Waals surface area contributed by atoms with Gasteiger partial charge in [0, 0.05) is 17.9 Å². The summed E-state index contributed by atoms with van der Waals surface area (Å²) in [6.07, 6.45) is 11.1. The van der Waals surface area contributed by atoms with Crippen LogP contribution in [0.2, 0.25) is 0 Å². The van der Waals surface area contributed by atoms with E-state index in [9.17, 15) is 14.4 Å². The topological polar surface area (TPSA) is 76.1 Å². The van der Waals surface area contributed by atoms with Gasteiger partial charge in [-0.2, -0.15) is 0 Å². The number of rotatable bonds is 7. The molecule has 0 aromatic carbocycles. The lowest BCUT2D eigenvalue weighted by Gasteiger charge is -2.46. The maximum Gasteiger partial charge on any atom is 0.320 e. The molecule has 13 atom stereocenters. The van der Waals surface area contributed by atoms with Crippen molar-refractivity contribution in [2.45, 2.75) is 109 Å². The summed E-state index contributed by atoms with van der Waals surface area (Å²) in [7, 11) is 0. The quantitative estimate of drug-likeness (QED) is 0.347. The zero-order valence-electron chi connectivity index (χ0n) is 24.6. The molecule has 0 aromatic heterocycles. The van der Waals surface area contributed by atoms with E-state index in [4.69, 9.17) is 9.47 Å². The maximum absolute atomic E-state index is 14.3. The molecule has 2 heterocycles. The Morgan fingerprint density at radius 1 is 0.975 bits per heavy atom. The van der Waals surface area contributed by atoms with Crippen molar-refractivity contribution in [1.82, 2.24) is 9.80 Å². The molecule has 7 nitrogen and oxygen atoms in total. The van der Waals surface area contributed by atoms with Gasteiger partial charge < -0.3 is 14.4 Å². The highest BCUT2D eigenvalue weighted by atomic mass is 16.6. The van der Waals surface area contributed by atoms with Crippen molar-refractivity contribution < 1.29 is 23.9 Å². The van der Waals surface area contributed by atoms with Crippen LogP contribution in [0.25, 0.3) is 0 Å². The summed E-state index contributed by atoms with van der Waals surface area (Å²) < 4.78 is 13.0. The molecule has 13 unspecified atom stereocenters. The van der Waals surface area contributed by atoms with Crippen LogP contribution in [0.1, 0.15) is 85.0 Å². The van der Waals surface area contributed by atoms with Crippen molar-refractivity contribution >= 4 is 17.8 Å². The average Bonchev–Trinajstić information content (AvgIpc) is 3.77. The number of carbonyl (C=O) groups excluding carboxylic acids is 3. The molecule has 0 aromatic rings. The lowest BCUT2D eigenvalue weighted by molar-refractivity contribution is -0.185. The predicted octanol–water partition coefficient (Wildman–Crippen LogP) is 4.28. The summed E-state index contributed by atoms with van der Waals surface area (Å²) in [5, 5.41) is 0. The van der Waals surface area contributed by atoms with Crippen LogP contribution in [0.4, 0.5) is 0 Å². The molecule has 40 heavy (non-hydrogen) atoms. The monoisotopic (exact) mass is 552 g/mol. The third kappa shape index (κ3) is 3.48. The molecule has 2 saturated heterocycles. The summed E-state index contributed by atoms with van der Waals surface area (Å²) in [6, 6.07) is -0.0848. The molecular formula is C33H48N2O5. The van der Waals surface area contributed by atoms with Gasteiger partial charge in [-0.05, 0) is 120 Å². The molecule has 6 saturated carbocycles. The summed E-state index contributed by atoms with van der Waals surface area (Å²) >= 11 is 0. The first-order chi connectivity index (χ1) is 19.3. The number of carbonyl (C=O) groups is 3. The van der Waals surface area contributed by atoms with Crippen LogP contribution in [-0.2, 0) is 23.9 Å². The largest absolute Gasteiger partial charge is 0.459 e. The Morgan fingerprint density at radius 3 is 2.45 bits per heavy atom. The average molecular weight is 553 g/mol. The van der Waals surface area contributed by atoms with E-state index in [1.165, 1.54) is 32.1 Å². The van der Waals surface area contributed by atoms with Gasteiger partial charge in [0.25, 0.3) is 0 Å². The SMILES string of the molecule is CCC1(OC(=O)C2C3CC4C2C(=O)N(C(C)C)C4C3OC(=O)CN2CCCCC2)CC2CC1C1C3CCC(C3)C21. The molecule has 1 amide bonds. The van der Waals surface area contributed by atoms with Gasteiger partial charge in [0.05, 0.1) is 24.4 Å². The number of hydrogen-bond donors (Lipinski definition) is 0. The fourth-order valence-corrected chi connectivity index (χ4v) is 12.5. The molecule has 0 N–H and O–H groups in total. The summed E-state index contributed by atoms with van der Waals surface area (Å²) in [5.74, 6) is 3.42. The molecular weight excluding hydrogens is 504 g/mol. The lowest BCUT2D eigenvalue weighted by atomic mass is 9.65. The van der Waals surface area contributed by atoms with E-state index < -0.39 is 12.0 Å². The van der Waals surface area contributed by atoms with Gasteiger partial charge in [-0.1, -0.05) is 13.3 Å². The fourth-order valence-electron chi connectivity index (χ4n) is 12.5. The van der Waals surface area contributed by atoms with E-state index in [-0.39, 0.29) is 53.3 Å². The molecule has 8 rings (SSSR count). The first kappa shape index (κ1) is 26.0. The smallest absolute Gasteiger partial charge is 0.320 e. The molecule has 7 heteroatoms. The third-order valence-electron chi connectivity index (χ3n) is 13.6. The Kier molecular flexibility index (Phi) is 5.98. The molecule has 0 spiro atoms. The molecule has 8 aliphatic rings. The van der Waals surface area contributed by atoms with E-state index in [1.807, 2.05) is 18.7 Å². The molecule has 8 fully saturated rings. The van der Waals surface area contributed by atoms with Crippen LogP contribution in [0.3, 0.4) is 0 Å². The zero-order chi connectivity index (χ0) is 27.5. The normalized spacial score (nSPS) is 49.9. The van der Waals surface area contributed by atoms with Crippen molar-refractivity contribution in [3.63, 3.8) is 0 Å². The minimum absolute atomic E-state index is 0.0177. The van der Waals surface area contributed by atoms with Gasteiger partial charge in [-0.15, -0.1) is 0 Å². The predicted molar refractivity (Wildman–Crippen MR) is 148 cm³/mol. The number of piperidine rings is 1. The third-order valence-corrected chi connectivity index (χ3v) is 13.6. The Bertz CT molecular complexity index is 1090. The first-order valence-electron chi connectivity index (χ1n) is 16.8.